The molecule has 0 aliphatic heterocycles. The lowest BCUT2D eigenvalue weighted by Crippen LogP contribution is -2.43. The van der Waals surface area contributed by atoms with Crippen molar-refractivity contribution < 1.29 is 19.1 Å². The molecule has 1 aromatic carbocycles. The van der Waals surface area contributed by atoms with Gasteiger partial charge in [-0.1, -0.05) is 18.1 Å². The number of nitrogens with one attached hydrogen (secondary N) is 1. The summed E-state index contributed by atoms with van der Waals surface area (Å²) in [6.07, 6.45) is 5.52. The number of terminal acetylenes is 1. The number of benzene rings is 1. The predicted molar refractivity (Wildman–Crippen MR) is 71.5 cm³/mol. The number of amides is 2. The van der Waals surface area contributed by atoms with Crippen molar-refractivity contribution in [2.45, 2.75) is 6.42 Å². The van der Waals surface area contributed by atoms with Gasteiger partial charge in [-0.3, -0.25) is 4.79 Å². The van der Waals surface area contributed by atoms with E-state index in [0.717, 1.165) is 10.5 Å². The van der Waals surface area contributed by atoms with Crippen LogP contribution in [0.25, 0.3) is 0 Å². The Hall–Kier alpha value is -2.55. The summed E-state index contributed by atoms with van der Waals surface area (Å²) < 4.78 is 12.9. The first-order chi connectivity index (χ1) is 9.52. The van der Waals surface area contributed by atoms with Crippen LogP contribution in [0.15, 0.2) is 24.3 Å². The molecule has 0 spiro atoms. The summed E-state index contributed by atoms with van der Waals surface area (Å²) in [7, 11) is 0. The molecule has 1 aromatic rings. The molecule has 2 amide bonds. The Balaban J connectivity index is 2.45. The van der Waals surface area contributed by atoms with Gasteiger partial charge in [-0.15, -0.1) is 6.42 Å². The number of carbonyl (C=O) groups excluding carboxylic acids is 1. The average Bonchev–Trinajstić information content (AvgIpc) is 2.37. The molecule has 106 valence electrons. The first-order valence-electron chi connectivity index (χ1n) is 5.95. The van der Waals surface area contributed by atoms with Crippen LogP contribution in [0.3, 0.4) is 0 Å². The molecule has 0 radical (unpaired) electrons. The first kappa shape index (κ1) is 15.5. The van der Waals surface area contributed by atoms with Gasteiger partial charge in [-0.2, -0.15) is 0 Å². The molecule has 0 aliphatic rings. The number of carboxylic acid groups (broad SMARTS) is 1. The maximum Gasteiger partial charge on any atom is 0.323 e. The van der Waals surface area contributed by atoms with Crippen molar-refractivity contribution in [3.8, 4) is 12.3 Å². The smallest absolute Gasteiger partial charge is 0.323 e. The Kier molecular flexibility index (Phi) is 6.04. The second-order valence-electron chi connectivity index (χ2n) is 4.07. The quantitative estimate of drug-likeness (QED) is 0.765. The van der Waals surface area contributed by atoms with E-state index in [1.807, 2.05) is 0 Å². The second kappa shape index (κ2) is 7.79. The molecule has 20 heavy (non-hydrogen) atoms. The molecular weight excluding hydrogens is 263 g/mol. The number of aliphatic carboxylic acids is 1. The van der Waals surface area contributed by atoms with Crippen LogP contribution in [0, 0.1) is 18.2 Å². The summed E-state index contributed by atoms with van der Waals surface area (Å²) in [6, 6.07) is 5.49. The fourth-order valence-electron chi connectivity index (χ4n) is 1.59. The van der Waals surface area contributed by atoms with Crippen LogP contribution in [0.2, 0.25) is 0 Å². The standard InChI is InChI=1S/C14H15FN2O3/c1-2-8-17(10-13(18)19)14(20)16-7-6-11-4-3-5-12(15)9-11/h1,3-5,9H,6-8,10H2,(H,16,20)(H,18,19). The molecule has 0 saturated carbocycles. The normalized spacial score (nSPS) is 9.60. The molecule has 2 N–H and O–H groups in total. The molecule has 0 aliphatic carbocycles. The lowest BCUT2D eigenvalue weighted by molar-refractivity contribution is -0.137. The third kappa shape index (κ3) is 5.40. The van der Waals surface area contributed by atoms with E-state index in [1.165, 1.54) is 12.1 Å². The van der Waals surface area contributed by atoms with Crippen LogP contribution in [-0.2, 0) is 11.2 Å². The van der Waals surface area contributed by atoms with E-state index in [-0.39, 0.29) is 18.9 Å². The van der Waals surface area contributed by atoms with Crippen molar-refractivity contribution in [1.29, 1.82) is 0 Å². The minimum atomic E-state index is -1.14. The van der Waals surface area contributed by atoms with Gasteiger partial charge in [0, 0.05) is 6.54 Å². The van der Waals surface area contributed by atoms with Gasteiger partial charge in [0.1, 0.15) is 12.4 Å². The Morgan fingerprint density at radius 2 is 2.20 bits per heavy atom. The molecule has 0 bridgehead atoms. The number of nitrogens with zero attached hydrogens (tertiary/aromatic N) is 1. The Morgan fingerprint density at radius 1 is 1.45 bits per heavy atom. The highest BCUT2D eigenvalue weighted by atomic mass is 19.1. The lowest BCUT2D eigenvalue weighted by atomic mass is 10.1. The van der Waals surface area contributed by atoms with Crippen molar-refractivity contribution >= 4 is 12.0 Å². The summed E-state index contributed by atoms with van der Waals surface area (Å²) in [5.41, 5.74) is 0.743. The minimum absolute atomic E-state index is 0.0852. The molecule has 1 rings (SSSR count). The monoisotopic (exact) mass is 278 g/mol. The number of halogens is 1. The van der Waals surface area contributed by atoms with Gasteiger partial charge in [0.15, 0.2) is 0 Å². The Labute approximate surface area is 116 Å². The summed E-state index contributed by atoms with van der Waals surface area (Å²) in [4.78, 5) is 23.3. The maximum atomic E-state index is 12.9. The number of hydrogen-bond donors (Lipinski definition) is 2. The summed E-state index contributed by atoms with van der Waals surface area (Å²) in [5.74, 6) is 0.744. The number of hydrogen-bond acceptors (Lipinski definition) is 2. The van der Waals surface area contributed by atoms with Gasteiger partial charge in [-0.05, 0) is 24.1 Å². The highest BCUT2D eigenvalue weighted by Crippen LogP contribution is 2.03. The van der Waals surface area contributed by atoms with Crippen molar-refractivity contribution in [2.75, 3.05) is 19.6 Å². The Morgan fingerprint density at radius 3 is 2.80 bits per heavy atom. The lowest BCUT2D eigenvalue weighted by Gasteiger charge is -2.18. The summed E-state index contributed by atoms with van der Waals surface area (Å²) in [5, 5.41) is 11.2. The molecule has 5 nitrogen and oxygen atoms in total. The summed E-state index contributed by atoms with van der Waals surface area (Å²) >= 11 is 0. The molecule has 0 heterocycles. The maximum absolute atomic E-state index is 12.9. The fourth-order valence-corrected chi connectivity index (χ4v) is 1.59. The van der Waals surface area contributed by atoms with E-state index in [4.69, 9.17) is 11.5 Å². The Bertz CT molecular complexity index is 525. The van der Waals surface area contributed by atoms with E-state index in [0.29, 0.717) is 6.42 Å². The number of rotatable bonds is 6. The van der Waals surface area contributed by atoms with Crippen LogP contribution < -0.4 is 5.32 Å². The van der Waals surface area contributed by atoms with E-state index in [9.17, 15) is 14.0 Å². The third-order valence-corrected chi connectivity index (χ3v) is 2.47. The topological polar surface area (TPSA) is 69.6 Å². The van der Waals surface area contributed by atoms with Gasteiger partial charge >= 0.3 is 12.0 Å². The highest BCUT2D eigenvalue weighted by Gasteiger charge is 2.14. The van der Waals surface area contributed by atoms with Gasteiger partial charge < -0.3 is 15.3 Å². The molecule has 0 saturated heterocycles. The number of urea groups is 1. The van der Waals surface area contributed by atoms with Gasteiger partial charge in [-0.25, -0.2) is 9.18 Å². The van der Waals surface area contributed by atoms with Crippen molar-refractivity contribution in [3.05, 3.63) is 35.6 Å². The molecule has 0 unspecified atom stereocenters. The minimum Gasteiger partial charge on any atom is -0.480 e. The van der Waals surface area contributed by atoms with Crippen molar-refractivity contribution in [1.82, 2.24) is 10.2 Å². The van der Waals surface area contributed by atoms with Crippen LogP contribution in [0.1, 0.15) is 5.56 Å². The van der Waals surface area contributed by atoms with Gasteiger partial charge in [0.25, 0.3) is 0 Å². The summed E-state index contributed by atoms with van der Waals surface area (Å²) in [6.45, 7) is -0.281. The third-order valence-electron chi connectivity index (χ3n) is 2.47. The van der Waals surface area contributed by atoms with Gasteiger partial charge in [0.2, 0.25) is 0 Å². The van der Waals surface area contributed by atoms with E-state index >= 15 is 0 Å². The fraction of sp³-hybridized carbons (Fsp3) is 0.286. The highest BCUT2D eigenvalue weighted by molar-refractivity contribution is 5.80. The molecule has 0 atom stereocenters. The van der Waals surface area contributed by atoms with E-state index in [2.05, 4.69) is 11.2 Å². The second-order valence-corrected chi connectivity index (χ2v) is 4.07. The number of carbonyl (C=O) groups is 2. The zero-order valence-electron chi connectivity index (χ0n) is 10.8. The van der Waals surface area contributed by atoms with Crippen molar-refractivity contribution in [3.63, 3.8) is 0 Å². The SMILES string of the molecule is C#CCN(CC(=O)O)C(=O)NCCc1cccc(F)c1. The largest absolute Gasteiger partial charge is 0.480 e. The molecule has 0 aromatic heterocycles. The number of carboxylic acids is 1. The molecule has 0 fully saturated rings. The molecular formula is C14H15FN2O3. The van der Waals surface area contributed by atoms with Crippen LogP contribution in [-0.4, -0.2) is 41.6 Å². The van der Waals surface area contributed by atoms with Crippen LogP contribution in [0.4, 0.5) is 9.18 Å². The zero-order chi connectivity index (χ0) is 15.0. The molecule has 6 heteroatoms. The van der Waals surface area contributed by atoms with E-state index < -0.39 is 18.5 Å². The van der Waals surface area contributed by atoms with Crippen molar-refractivity contribution in [2.24, 2.45) is 0 Å². The average molecular weight is 278 g/mol. The van der Waals surface area contributed by atoms with Gasteiger partial charge in [0.05, 0.1) is 6.54 Å². The first-order valence-corrected chi connectivity index (χ1v) is 5.95. The zero-order valence-corrected chi connectivity index (χ0v) is 10.8. The van der Waals surface area contributed by atoms with Crippen LogP contribution >= 0.6 is 0 Å². The van der Waals surface area contributed by atoms with E-state index in [1.54, 1.807) is 12.1 Å². The van der Waals surface area contributed by atoms with Crippen LogP contribution in [0.5, 0.6) is 0 Å². The predicted octanol–water partition coefficient (Wildman–Crippen LogP) is 1.10.